The third kappa shape index (κ3) is 3.12. The standard InChI is InChI=1S/C15H14F2N2O/c1-10(12-5-3-4-6-15(12)20-2)18-19-14-8-7-11(16)9-13(14)17/h3-9,19H,1-2H3/b18-10-. The number of hydrogen-bond acceptors (Lipinski definition) is 3. The minimum absolute atomic E-state index is 0.112. The summed E-state index contributed by atoms with van der Waals surface area (Å²) < 4.78 is 31.5. The maximum Gasteiger partial charge on any atom is 0.151 e. The van der Waals surface area contributed by atoms with Gasteiger partial charge in [-0.15, -0.1) is 0 Å². The van der Waals surface area contributed by atoms with E-state index in [4.69, 9.17) is 4.74 Å². The number of methoxy groups -OCH3 is 1. The number of rotatable bonds is 4. The number of nitrogens with one attached hydrogen (secondary N) is 1. The molecule has 0 aliphatic rings. The molecular formula is C15H14F2N2O. The molecule has 0 heterocycles. The summed E-state index contributed by atoms with van der Waals surface area (Å²) in [7, 11) is 1.57. The van der Waals surface area contributed by atoms with Gasteiger partial charge in [-0.25, -0.2) is 8.78 Å². The Morgan fingerprint density at radius 3 is 2.60 bits per heavy atom. The molecule has 0 radical (unpaired) electrons. The van der Waals surface area contributed by atoms with Crippen LogP contribution in [0.4, 0.5) is 14.5 Å². The van der Waals surface area contributed by atoms with Crippen molar-refractivity contribution in [1.29, 1.82) is 0 Å². The predicted octanol–water partition coefficient (Wildman–Crippen LogP) is 3.81. The van der Waals surface area contributed by atoms with Crippen molar-refractivity contribution in [3.05, 3.63) is 59.7 Å². The van der Waals surface area contributed by atoms with Gasteiger partial charge in [-0.2, -0.15) is 5.10 Å². The smallest absolute Gasteiger partial charge is 0.151 e. The van der Waals surface area contributed by atoms with Crippen LogP contribution in [0.3, 0.4) is 0 Å². The molecule has 5 heteroatoms. The third-order valence-corrected chi connectivity index (χ3v) is 2.77. The van der Waals surface area contributed by atoms with Crippen molar-refractivity contribution < 1.29 is 13.5 Å². The zero-order valence-electron chi connectivity index (χ0n) is 11.2. The van der Waals surface area contributed by atoms with E-state index in [9.17, 15) is 8.78 Å². The molecule has 0 saturated carbocycles. The lowest BCUT2D eigenvalue weighted by atomic mass is 10.1. The van der Waals surface area contributed by atoms with E-state index in [-0.39, 0.29) is 5.69 Å². The molecule has 1 N–H and O–H groups in total. The molecule has 0 amide bonds. The molecule has 2 rings (SSSR count). The summed E-state index contributed by atoms with van der Waals surface area (Å²) in [5.41, 5.74) is 4.12. The number of benzene rings is 2. The van der Waals surface area contributed by atoms with Crippen LogP contribution in [0.15, 0.2) is 47.6 Å². The van der Waals surface area contributed by atoms with Crippen LogP contribution in [-0.4, -0.2) is 12.8 Å². The average Bonchev–Trinajstić information content (AvgIpc) is 2.46. The number of hydrogen-bond donors (Lipinski definition) is 1. The molecule has 2 aromatic carbocycles. The Morgan fingerprint density at radius 2 is 1.90 bits per heavy atom. The SMILES string of the molecule is COc1ccccc1/C(C)=N\Nc1ccc(F)cc1F. The van der Waals surface area contributed by atoms with Crippen LogP contribution in [0.5, 0.6) is 5.75 Å². The Balaban J connectivity index is 2.22. The van der Waals surface area contributed by atoms with Crippen LogP contribution in [0.25, 0.3) is 0 Å². The van der Waals surface area contributed by atoms with Gasteiger partial charge in [0.1, 0.15) is 11.6 Å². The van der Waals surface area contributed by atoms with Crippen LogP contribution >= 0.6 is 0 Å². The van der Waals surface area contributed by atoms with Crippen molar-refractivity contribution in [1.82, 2.24) is 0 Å². The number of halogens is 2. The van der Waals surface area contributed by atoms with Gasteiger partial charge in [-0.1, -0.05) is 12.1 Å². The van der Waals surface area contributed by atoms with Crippen molar-refractivity contribution in [3.63, 3.8) is 0 Å². The van der Waals surface area contributed by atoms with E-state index < -0.39 is 11.6 Å². The lowest BCUT2D eigenvalue weighted by molar-refractivity contribution is 0.414. The van der Waals surface area contributed by atoms with E-state index in [1.165, 1.54) is 12.1 Å². The molecule has 2 aromatic rings. The number of para-hydroxylation sites is 1. The van der Waals surface area contributed by atoms with Crippen molar-refractivity contribution in [3.8, 4) is 5.75 Å². The molecule has 0 bridgehead atoms. The molecule has 0 unspecified atom stereocenters. The van der Waals surface area contributed by atoms with Crippen molar-refractivity contribution in [2.45, 2.75) is 6.92 Å². The van der Waals surface area contributed by atoms with E-state index >= 15 is 0 Å². The second kappa shape index (κ2) is 6.14. The molecule has 0 saturated heterocycles. The molecule has 0 atom stereocenters. The highest BCUT2D eigenvalue weighted by atomic mass is 19.1. The van der Waals surface area contributed by atoms with Gasteiger partial charge < -0.3 is 4.74 Å². The van der Waals surface area contributed by atoms with Gasteiger partial charge in [0.25, 0.3) is 0 Å². The van der Waals surface area contributed by atoms with Gasteiger partial charge in [-0.05, 0) is 31.2 Å². The van der Waals surface area contributed by atoms with Crippen LogP contribution in [0.1, 0.15) is 12.5 Å². The number of nitrogens with zero attached hydrogens (tertiary/aromatic N) is 1. The third-order valence-electron chi connectivity index (χ3n) is 2.77. The average molecular weight is 276 g/mol. The Hall–Kier alpha value is -2.43. The molecule has 0 aliphatic carbocycles. The number of ether oxygens (including phenoxy) is 1. The van der Waals surface area contributed by atoms with E-state index in [0.717, 1.165) is 11.6 Å². The lowest BCUT2D eigenvalue weighted by Gasteiger charge is -2.08. The fourth-order valence-electron chi connectivity index (χ4n) is 1.73. The maximum absolute atomic E-state index is 13.5. The first-order chi connectivity index (χ1) is 9.61. The fraction of sp³-hybridized carbons (Fsp3) is 0.133. The lowest BCUT2D eigenvalue weighted by Crippen LogP contribution is -2.03. The van der Waals surface area contributed by atoms with Crippen LogP contribution in [-0.2, 0) is 0 Å². The highest BCUT2D eigenvalue weighted by Gasteiger charge is 2.06. The molecular weight excluding hydrogens is 262 g/mol. The summed E-state index contributed by atoms with van der Waals surface area (Å²) in [5.74, 6) is -0.643. The first-order valence-electron chi connectivity index (χ1n) is 6.00. The topological polar surface area (TPSA) is 33.6 Å². The van der Waals surface area contributed by atoms with E-state index in [2.05, 4.69) is 10.5 Å². The van der Waals surface area contributed by atoms with Crippen LogP contribution < -0.4 is 10.2 Å². The molecule has 20 heavy (non-hydrogen) atoms. The van der Waals surface area contributed by atoms with Gasteiger partial charge in [0.2, 0.25) is 0 Å². The molecule has 0 aromatic heterocycles. The molecule has 0 aliphatic heterocycles. The predicted molar refractivity (Wildman–Crippen MR) is 75.2 cm³/mol. The monoisotopic (exact) mass is 276 g/mol. The zero-order valence-corrected chi connectivity index (χ0v) is 11.2. The van der Waals surface area contributed by atoms with Crippen LogP contribution in [0, 0.1) is 11.6 Å². The summed E-state index contributed by atoms with van der Waals surface area (Å²) in [6.07, 6.45) is 0. The maximum atomic E-state index is 13.5. The summed E-state index contributed by atoms with van der Waals surface area (Å²) in [4.78, 5) is 0. The quantitative estimate of drug-likeness (QED) is 0.680. The summed E-state index contributed by atoms with van der Waals surface area (Å²) in [6.45, 7) is 1.77. The van der Waals surface area contributed by atoms with Gasteiger partial charge in [0, 0.05) is 11.6 Å². The molecule has 0 fully saturated rings. The Labute approximate surface area is 115 Å². The Morgan fingerprint density at radius 1 is 1.15 bits per heavy atom. The summed E-state index contributed by atoms with van der Waals surface area (Å²) in [6, 6.07) is 10.6. The fourth-order valence-corrected chi connectivity index (χ4v) is 1.73. The summed E-state index contributed by atoms with van der Waals surface area (Å²) in [5, 5.41) is 4.09. The Bertz CT molecular complexity index is 642. The zero-order chi connectivity index (χ0) is 14.5. The Kier molecular flexibility index (Phi) is 4.30. The molecule has 104 valence electrons. The van der Waals surface area contributed by atoms with Crippen LogP contribution in [0.2, 0.25) is 0 Å². The van der Waals surface area contributed by atoms with Crippen molar-refractivity contribution in [2.75, 3.05) is 12.5 Å². The minimum atomic E-state index is -0.693. The second-order valence-corrected chi connectivity index (χ2v) is 4.13. The largest absolute Gasteiger partial charge is 0.496 e. The first kappa shape index (κ1) is 14.0. The van der Waals surface area contributed by atoms with Crippen molar-refractivity contribution in [2.24, 2.45) is 5.10 Å². The van der Waals surface area contributed by atoms with E-state index in [0.29, 0.717) is 11.5 Å². The normalized spacial score (nSPS) is 11.3. The number of anilines is 1. The summed E-state index contributed by atoms with van der Waals surface area (Å²) >= 11 is 0. The van der Waals surface area contributed by atoms with E-state index in [1.807, 2.05) is 24.3 Å². The van der Waals surface area contributed by atoms with Gasteiger partial charge in [0.15, 0.2) is 5.82 Å². The van der Waals surface area contributed by atoms with Crippen molar-refractivity contribution >= 4 is 11.4 Å². The minimum Gasteiger partial charge on any atom is -0.496 e. The molecule has 0 spiro atoms. The second-order valence-electron chi connectivity index (χ2n) is 4.13. The highest BCUT2D eigenvalue weighted by molar-refractivity contribution is 6.01. The molecule has 3 nitrogen and oxygen atoms in total. The van der Waals surface area contributed by atoms with E-state index in [1.54, 1.807) is 14.0 Å². The highest BCUT2D eigenvalue weighted by Crippen LogP contribution is 2.19. The van der Waals surface area contributed by atoms with Gasteiger partial charge >= 0.3 is 0 Å². The number of hydrazone groups is 1. The van der Waals surface area contributed by atoms with Gasteiger partial charge in [-0.3, -0.25) is 5.43 Å². The first-order valence-corrected chi connectivity index (χ1v) is 6.00. The van der Waals surface area contributed by atoms with Gasteiger partial charge in [0.05, 0.1) is 18.5 Å².